The Balaban J connectivity index is 2.19. The molecule has 1 amide bonds. The molecule has 0 aromatic rings. The summed E-state index contributed by atoms with van der Waals surface area (Å²) in [5, 5.41) is 0. The standard InChI is InChI=1S/C14H28N2O2S/c1-14(2,3)18-13(17)16-10-8-15(9-11-16)7-5-4-6-12-19/h19H,4-12H2,1-3H3. The fourth-order valence-electron chi connectivity index (χ4n) is 2.10. The van der Waals surface area contributed by atoms with Crippen molar-refractivity contribution in [3.63, 3.8) is 0 Å². The van der Waals surface area contributed by atoms with E-state index in [9.17, 15) is 4.79 Å². The Labute approximate surface area is 122 Å². The van der Waals surface area contributed by atoms with Crippen molar-refractivity contribution in [3.05, 3.63) is 0 Å². The van der Waals surface area contributed by atoms with Gasteiger partial charge in [0.15, 0.2) is 0 Å². The fourth-order valence-corrected chi connectivity index (χ4v) is 2.33. The highest BCUT2D eigenvalue weighted by molar-refractivity contribution is 7.80. The van der Waals surface area contributed by atoms with Crippen LogP contribution in [0.25, 0.3) is 0 Å². The second-order valence-corrected chi connectivity index (χ2v) is 6.54. The molecule has 5 heteroatoms. The summed E-state index contributed by atoms with van der Waals surface area (Å²) in [6.07, 6.45) is 3.49. The van der Waals surface area contributed by atoms with E-state index in [0.717, 1.165) is 38.5 Å². The Hall–Kier alpha value is -0.420. The molecule has 0 radical (unpaired) electrons. The maximum absolute atomic E-state index is 11.9. The third-order valence-electron chi connectivity index (χ3n) is 3.16. The lowest BCUT2D eigenvalue weighted by Crippen LogP contribution is -2.50. The molecule has 112 valence electrons. The van der Waals surface area contributed by atoms with Gasteiger partial charge in [0.25, 0.3) is 0 Å². The lowest BCUT2D eigenvalue weighted by molar-refractivity contribution is 0.0144. The van der Waals surface area contributed by atoms with Crippen LogP contribution in [0.2, 0.25) is 0 Å². The van der Waals surface area contributed by atoms with E-state index in [1.165, 1.54) is 19.3 Å². The van der Waals surface area contributed by atoms with Crippen LogP contribution in [0, 0.1) is 0 Å². The number of hydrogen-bond acceptors (Lipinski definition) is 4. The van der Waals surface area contributed by atoms with Crippen LogP contribution in [-0.2, 0) is 4.74 Å². The zero-order valence-electron chi connectivity index (χ0n) is 12.5. The van der Waals surface area contributed by atoms with E-state index in [-0.39, 0.29) is 6.09 Å². The van der Waals surface area contributed by atoms with E-state index in [1.54, 1.807) is 0 Å². The maximum Gasteiger partial charge on any atom is 0.410 e. The first-order valence-corrected chi connectivity index (χ1v) is 7.87. The first-order valence-electron chi connectivity index (χ1n) is 7.23. The Morgan fingerprint density at radius 1 is 1.11 bits per heavy atom. The molecule has 1 aliphatic heterocycles. The van der Waals surface area contributed by atoms with Crippen LogP contribution in [-0.4, -0.2) is 60.0 Å². The van der Waals surface area contributed by atoms with Gasteiger partial charge in [-0.1, -0.05) is 6.42 Å². The van der Waals surface area contributed by atoms with Gasteiger partial charge in [-0.05, 0) is 45.9 Å². The van der Waals surface area contributed by atoms with Crippen LogP contribution in [0.3, 0.4) is 0 Å². The monoisotopic (exact) mass is 288 g/mol. The molecule has 0 spiro atoms. The normalized spacial score (nSPS) is 17.6. The summed E-state index contributed by atoms with van der Waals surface area (Å²) in [5.41, 5.74) is -0.402. The lowest BCUT2D eigenvalue weighted by Gasteiger charge is -2.35. The smallest absolute Gasteiger partial charge is 0.410 e. The van der Waals surface area contributed by atoms with Gasteiger partial charge in [0.2, 0.25) is 0 Å². The molecule has 1 saturated heterocycles. The van der Waals surface area contributed by atoms with Crippen molar-refractivity contribution in [1.82, 2.24) is 9.80 Å². The quantitative estimate of drug-likeness (QED) is 0.623. The van der Waals surface area contributed by atoms with Crippen LogP contribution >= 0.6 is 12.6 Å². The molecule has 1 rings (SSSR count). The number of carbonyl (C=O) groups is 1. The van der Waals surface area contributed by atoms with E-state index in [4.69, 9.17) is 4.74 Å². The van der Waals surface area contributed by atoms with Gasteiger partial charge in [-0.15, -0.1) is 0 Å². The molecule has 0 aromatic heterocycles. The predicted octanol–water partition coefficient (Wildman–Crippen LogP) is 2.64. The lowest BCUT2D eigenvalue weighted by atomic mass is 10.2. The molecule has 0 unspecified atom stereocenters. The number of carbonyl (C=O) groups excluding carboxylic acids is 1. The van der Waals surface area contributed by atoms with Crippen LogP contribution in [0.1, 0.15) is 40.0 Å². The number of piperazine rings is 1. The highest BCUT2D eigenvalue weighted by atomic mass is 32.1. The van der Waals surface area contributed by atoms with Crippen molar-refractivity contribution in [2.45, 2.75) is 45.6 Å². The van der Waals surface area contributed by atoms with Crippen molar-refractivity contribution < 1.29 is 9.53 Å². The molecule has 0 N–H and O–H groups in total. The minimum absolute atomic E-state index is 0.178. The van der Waals surface area contributed by atoms with E-state index < -0.39 is 5.60 Å². The second kappa shape index (κ2) is 8.00. The van der Waals surface area contributed by atoms with Crippen LogP contribution in [0.15, 0.2) is 0 Å². The first kappa shape index (κ1) is 16.6. The van der Waals surface area contributed by atoms with Gasteiger partial charge in [0.05, 0.1) is 0 Å². The van der Waals surface area contributed by atoms with E-state index in [0.29, 0.717) is 0 Å². The Morgan fingerprint density at radius 3 is 2.26 bits per heavy atom. The Bertz CT molecular complexity index is 271. The second-order valence-electron chi connectivity index (χ2n) is 6.09. The number of thiol groups is 1. The average Bonchev–Trinajstić information content (AvgIpc) is 2.33. The highest BCUT2D eigenvalue weighted by Gasteiger charge is 2.25. The molecule has 0 bridgehead atoms. The molecular weight excluding hydrogens is 260 g/mol. The number of ether oxygens (including phenoxy) is 1. The predicted molar refractivity (Wildman–Crippen MR) is 82.0 cm³/mol. The first-order chi connectivity index (χ1) is 8.92. The summed E-state index contributed by atoms with van der Waals surface area (Å²) in [5.74, 6) is 0.979. The Morgan fingerprint density at radius 2 is 1.74 bits per heavy atom. The topological polar surface area (TPSA) is 32.8 Å². The molecule has 0 aliphatic carbocycles. The van der Waals surface area contributed by atoms with Crippen LogP contribution in [0.5, 0.6) is 0 Å². The number of hydrogen-bond donors (Lipinski definition) is 1. The number of rotatable bonds is 5. The number of amides is 1. The average molecular weight is 288 g/mol. The van der Waals surface area contributed by atoms with Gasteiger partial charge in [-0.2, -0.15) is 12.6 Å². The molecule has 0 saturated carbocycles. The molecular formula is C14H28N2O2S. The van der Waals surface area contributed by atoms with Gasteiger partial charge >= 0.3 is 6.09 Å². The van der Waals surface area contributed by atoms with E-state index >= 15 is 0 Å². The molecule has 1 aliphatic rings. The number of nitrogens with zero attached hydrogens (tertiary/aromatic N) is 2. The minimum Gasteiger partial charge on any atom is -0.444 e. The van der Waals surface area contributed by atoms with Crippen LogP contribution < -0.4 is 0 Å². The third-order valence-corrected chi connectivity index (χ3v) is 3.47. The highest BCUT2D eigenvalue weighted by Crippen LogP contribution is 2.12. The van der Waals surface area contributed by atoms with Gasteiger partial charge in [-0.25, -0.2) is 4.79 Å². The molecule has 0 atom stereocenters. The Kier molecular flexibility index (Phi) is 7.00. The molecule has 4 nitrogen and oxygen atoms in total. The van der Waals surface area contributed by atoms with Crippen molar-refractivity contribution in [1.29, 1.82) is 0 Å². The zero-order chi connectivity index (χ0) is 14.3. The van der Waals surface area contributed by atoms with E-state index in [2.05, 4.69) is 17.5 Å². The minimum atomic E-state index is -0.402. The van der Waals surface area contributed by atoms with Crippen LogP contribution in [0.4, 0.5) is 4.79 Å². The fraction of sp³-hybridized carbons (Fsp3) is 0.929. The summed E-state index contributed by atoms with van der Waals surface area (Å²) in [4.78, 5) is 16.1. The summed E-state index contributed by atoms with van der Waals surface area (Å²) >= 11 is 4.22. The summed E-state index contributed by atoms with van der Waals surface area (Å²) in [6, 6.07) is 0. The van der Waals surface area contributed by atoms with Crippen molar-refractivity contribution in [2.75, 3.05) is 38.5 Å². The zero-order valence-corrected chi connectivity index (χ0v) is 13.4. The third kappa shape index (κ3) is 7.06. The SMILES string of the molecule is CC(C)(C)OC(=O)N1CCN(CCCCCS)CC1. The van der Waals surface area contributed by atoms with E-state index in [1.807, 2.05) is 25.7 Å². The van der Waals surface area contributed by atoms with Crippen molar-refractivity contribution >= 4 is 18.7 Å². The largest absolute Gasteiger partial charge is 0.444 e. The van der Waals surface area contributed by atoms with Crippen molar-refractivity contribution in [3.8, 4) is 0 Å². The molecule has 1 fully saturated rings. The van der Waals surface area contributed by atoms with Crippen molar-refractivity contribution in [2.24, 2.45) is 0 Å². The number of unbranched alkanes of at least 4 members (excludes halogenated alkanes) is 2. The summed E-state index contributed by atoms with van der Waals surface area (Å²) in [7, 11) is 0. The molecule has 19 heavy (non-hydrogen) atoms. The molecule has 0 aromatic carbocycles. The van der Waals surface area contributed by atoms with Gasteiger partial charge in [0.1, 0.15) is 5.60 Å². The molecule has 1 heterocycles. The van der Waals surface area contributed by atoms with Gasteiger partial charge < -0.3 is 9.64 Å². The summed E-state index contributed by atoms with van der Waals surface area (Å²) in [6.45, 7) is 10.3. The van der Waals surface area contributed by atoms with Gasteiger partial charge in [0, 0.05) is 26.2 Å². The summed E-state index contributed by atoms with van der Waals surface area (Å²) < 4.78 is 5.39. The maximum atomic E-state index is 11.9. The van der Waals surface area contributed by atoms with Gasteiger partial charge in [-0.3, -0.25) is 4.90 Å².